The smallest absolute Gasteiger partial charge is 0.191 e. The third-order valence-electron chi connectivity index (χ3n) is 5.54. The third kappa shape index (κ3) is 5.00. The summed E-state index contributed by atoms with van der Waals surface area (Å²) in [7, 11) is 3.55. The predicted molar refractivity (Wildman–Crippen MR) is 136 cm³/mol. The lowest BCUT2D eigenvalue weighted by molar-refractivity contribution is 0.415. The van der Waals surface area contributed by atoms with Gasteiger partial charge in [-0.1, -0.05) is 30.3 Å². The zero-order chi connectivity index (χ0) is 20.1. The van der Waals surface area contributed by atoms with Crippen molar-refractivity contribution in [2.75, 3.05) is 38.7 Å². The first-order valence-electron chi connectivity index (χ1n) is 10.2. The molecule has 2 aromatic carbocycles. The fourth-order valence-corrected chi connectivity index (χ4v) is 4.03. The van der Waals surface area contributed by atoms with Crippen molar-refractivity contribution in [3.05, 3.63) is 60.3 Å². The monoisotopic (exact) mass is 519 g/mol. The molecule has 0 saturated carbocycles. The van der Waals surface area contributed by atoms with E-state index in [2.05, 4.69) is 68.1 Å². The zero-order valence-corrected chi connectivity index (χ0v) is 19.9. The summed E-state index contributed by atoms with van der Waals surface area (Å²) < 4.78 is 5.51. The van der Waals surface area contributed by atoms with Crippen LogP contribution in [0.2, 0.25) is 0 Å². The number of benzene rings is 2. The van der Waals surface area contributed by atoms with E-state index in [1.54, 1.807) is 7.11 Å². The molecule has 6 nitrogen and oxygen atoms in total. The van der Waals surface area contributed by atoms with Crippen molar-refractivity contribution in [1.82, 2.24) is 15.6 Å². The first-order chi connectivity index (χ1) is 14.3. The van der Waals surface area contributed by atoms with E-state index in [9.17, 15) is 0 Å². The Morgan fingerprint density at radius 2 is 2.00 bits per heavy atom. The van der Waals surface area contributed by atoms with E-state index in [1.165, 1.54) is 16.5 Å². The number of ether oxygens (including phenoxy) is 1. The number of nitrogens with one attached hydrogen (secondary N) is 3. The number of guanidine groups is 1. The first kappa shape index (κ1) is 22.3. The van der Waals surface area contributed by atoms with Crippen LogP contribution < -0.4 is 20.3 Å². The molecule has 1 saturated heterocycles. The van der Waals surface area contributed by atoms with Gasteiger partial charge in [-0.25, -0.2) is 0 Å². The number of hydrogen-bond donors (Lipinski definition) is 3. The molecule has 0 radical (unpaired) electrons. The van der Waals surface area contributed by atoms with Gasteiger partial charge in [0.2, 0.25) is 0 Å². The van der Waals surface area contributed by atoms with Crippen LogP contribution in [0.25, 0.3) is 10.9 Å². The van der Waals surface area contributed by atoms with E-state index in [1.807, 2.05) is 19.2 Å². The molecule has 1 atom stereocenters. The molecule has 30 heavy (non-hydrogen) atoms. The Balaban J connectivity index is 0.00000256. The van der Waals surface area contributed by atoms with Crippen LogP contribution in [0.4, 0.5) is 5.69 Å². The normalized spacial score (nSPS) is 16.4. The van der Waals surface area contributed by atoms with Crippen LogP contribution in [-0.4, -0.2) is 50.8 Å². The number of hydrogen-bond acceptors (Lipinski definition) is 3. The van der Waals surface area contributed by atoms with Gasteiger partial charge in [-0.05, 0) is 36.6 Å². The van der Waals surface area contributed by atoms with E-state index in [0.29, 0.717) is 6.04 Å². The number of nitrogens with zero attached hydrogens (tertiary/aromatic N) is 2. The van der Waals surface area contributed by atoms with Gasteiger partial charge in [-0.15, -0.1) is 24.0 Å². The standard InChI is InChI=1S/C23H29N5O.HI/c1-24-23(25-13-11-17-15-26-20-8-4-3-7-19(17)20)27-18-12-14-28(16-18)21-9-5-6-10-22(21)29-2;/h3-10,15,18,26H,11-14,16H2,1-2H3,(H2,24,25,27);1H. The van der Waals surface area contributed by atoms with Gasteiger partial charge >= 0.3 is 0 Å². The maximum absolute atomic E-state index is 5.51. The number of halogens is 1. The highest BCUT2D eigenvalue weighted by atomic mass is 127. The molecule has 0 aliphatic carbocycles. The maximum Gasteiger partial charge on any atom is 0.191 e. The lowest BCUT2D eigenvalue weighted by atomic mass is 10.1. The number of para-hydroxylation sites is 3. The summed E-state index contributed by atoms with van der Waals surface area (Å²) in [6.45, 7) is 2.78. The maximum atomic E-state index is 5.51. The molecule has 3 aromatic rings. The lowest BCUT2D eigenvalue weighted by Crippen LogP contribution is -2.45. The van der Waals surface area contributed by atoms with Gasteiger partial charge in [-0.2, -0.15) is 0 Å². The van der Waals surface area contributed by atoms with Gasteiger partial charge in [0.05, 0.1) is 12.8 Å². The number of aromatic nitrogens is 1. The minimum absolute atomic E-state index is 0. The Hall–Kier alpha value is -2.42. The highest BCUT2D eigenvalue weighted by molar-refractivity contribution is 14.0. The molecule has 0 spiro atoms. The van der Waals surface area contributed by atoms with E-state index < -0.39 is 0 Å². The Morgan fingerprint density at radius 3 is 2.83 bits per heavy atom. The molecule has 2 heterocycles. The minimum atomic E-state index is 0. The van der Waals surface area contributed by atoms with Crippen molar-refractivity contribution in [2.24, 2.45) is 4.99 Å². The quantitative estimate of drug-likeness (QED) is 0.264. The van der Waals surface area contributed by atoms with Gasteiger partial charge in [0.15, 0.2) is 5.96 Å². The van der Waals surface area contributed by atoms with E-state index >= 15 is 0 Å². The molecule has 0 amide bonds. The number of rotatable bonds is 6. The van der Waals surface area contributed by atoms with Crippen LogP contribution in [0.1, 0.15) is 12.0 Å². The van der Waals surface area contributed by atoms with Gasteiger partial charge in [-0.3, -0.25) is 4.99 Å². The topological polar surface area (TPSA) is 64.7 Å². The summed E-state index contributed by atoms with van der Waals surface area (Å²) in [5.41, 5.74) is 3.67. The van der Waals surface area contributed by atoms with Crippen molar-refractivity contribution in [3.8, 4) is 5.75 Å². The first-order valence-corrected chi connectivity index (χ1v) is 10.2. The molecule has 1 aliphatic rings. The SMILES string of the molecule is CN=C(NCCc1c[nH]c2ccccc12)NC1CCN(c2ccccc2OC)C1.I. The summed E-state index contributed by atoms with van der Waals surface area (Å²) in [6.07, 6.45) is 4.12. The highest BCUT2D eigenvalue weighted by Crippen LogP contribution is 2.30. The predicted octanol–water partition coefficient (Wildman–Crippen LogP) is 3.78. The second-order valence-electron chi connectivity index (χ2n) is 7.36. The van der Waals surface area contributed by atoms with Crippen LogP contribution in [0.5, 0.6) is 5.75 Å². The van der Waals surface area contributed by atoms with Gasteiger partial charge in [0.1, 0.15) is 5.75 Å². The lowest BCUT2D eigenvalue weighted by Gasteiger charge is -2.22. The summed E-state index contributed by atoms with van der Waals surface area (Å²) in [5.74, 6) is 1.78. The number of fused-ring (bicyclic) bond motifs is 1. The highest BCUT2D eigenvalue weighted by Gasteiger charge is 2.25. The van der Waals surface area contributed by atoms with Crippen LogP contribution in [0.3, 0.4) is 0 Å². The van der Waals surface area contributed by atoms with Crippen molar-refractivity contribution in [3.63, 3.8) is 0 Å². The van der Waals surface area contributed by atoms with Gasteiger partial charge in [0.25, 0.3) is 0 Å². The molecule has 1 unspecified atom stereocenters. The molecule has 3 N–H and O–H groups in total. The molecular weight excluding hydrogens is 489 g/mol. The minimum Gasteiger partial charge on any atom is -0.495 e. The molecule has 1 aliphatic heterocycles. The van der Waals surface area contributed by atoms with E-state index in [-0.39, 0.29) is 24.0 Å². The Kier molecular flexibility index (Phi) is 7.84. The Morgan fingerprint density at radius 1 is 1.20 bits per heavy atom. The average Bonchev–Trinajstić information content (AvgIpc) is 3.40. The molecular formula is C23H30IN5O. The average molecular weight is 519 g/mol. The third-order valence-corrected chi connectivity index (χ3v) is 5.54. The molecule has 0 bridgehead atoms. The number of aromatic amines is 1. The van der Waals surface area contributed by atoms with Gasteiger partial charge in [0, 0.05) is 49.8 Å². The number of methoxy groups -OCH3 is 1. The second-order valence-corrected chi connectivity index (χ2v) is 7.36. The Labute approximate surface area is 195 Å². The molecule has 1 fully saturated rings. The second kappa shape index (κ2) is 10.6. The zero-order valence-electron chi connectivity index (χ0n) is 17.5. The largest absolute Gasteiger partial charge is 0.495 e. The van der Waals surface area contributed by atoms with Crippen LogP contribution in [0, 0.1) is 0 Å². The van der Waals surface area contributed by atoms with Gasteiger partial charge < -0.3 is 25.3 Å². The fraction of sp³-hybridized carbons (Fsp3) is 0.348. The summed E-state index contributed by atoms with van der Waals surface area (Å²) in [6, 6.07) is 17.0. The van der Waals surface area contributed by atoms with Crippen molar-refractivity contribution >= 4 is 46.5 Å². The van der Waals surface area contributed by atoms with E-state index in [0.717, 1.165) is 49.9 Å². The number of anilines is 1. The van der Waals surface area contributed by atoms with Crippen LogP contribution in [0.15, 0.2) is 59.7 Å². The van der Waals surface area contributed by atoms with Crippen molar-refractivity contribution in [1.29, 1.82) is 0 Å². The molecule has 7 heteroatoms. The Bertz CT molecular complexity index is 986. The summed E-state index contributed by atoms with van der Waals surface area (Å²) >= 11 is 0. The van der Waals surface area contributed by atoms with Crippen molar-refractivity contribution < 1.29 is 4.74 Å². The van der Waals surface area contributed by atoms with Crippen LogP contribution >= 0.6 is 24.0 Å². The summed E-state index contributed by atoms with van der Waals surface area (Å²) in [4.78, 5) is 10.1. The van der Waals surface area contributed by atoms with Crippen molar-refractivity contribution in [2.45, 2.75) is 18.9 Å². The van der Waals surface area contributed by atoms with E-state index in [4.69, 9.17) is 4.74 Å². The summed E-state index contributed by atoms with van der Waals surface area (Å²) in [5, 5.41) is 8.32. The number of aliphatic imine (C=N–C) groups is 1. The number of H-pyrrole nitrogens is 1. The molecule has 160 valence electrons. The molecule has 1 aromatic heterocycles. The van der Waals surface area contributed by atoms with Crippen LogP contribution in [-0.2, 0) is 6.42 Å². The molecule has 4 rings (SSSR count). The fourth-order valence-electron chi connectivity index (χ4n) is 4.03.